The number of fused-ring (bicyclic) bond motifs is 1. The zero-order valence-corrected chi connectivity index (χ0v) is 13.3. The van der Waals surface area contributed by atoms with Gasteiger partial charge in [-0.05, 0) is 31.4 Å². The molecular weight excluding hydrogens is 292 g/mol. The van der Waals surface area contributed by atoms with Crippen molar-refractivity contribution in [1.82, 2.24) is 20.2 Å². The second-order valence-electron chi connectivity index (χ2n) is 6.00. The number of benzene rings is 1. The number of amides is 2. The van der Waals surface area contributed by atoms with E-state index in [1.807, 2.05) is 32.0 Å². The largest absolute Gasteiger partial charge is 0.348 e. The van der Waals surface area contributed by atoms with Crippen LogP contribution >= 0.6 is 0 Å². The second kappa shape index (κ2) is 6.24. The standard InChI is InChI=1S/C17H20N4O2/c1-11(2)20-16(22)14-15(19-10-18-14)17(23)21-8-7-12-5-3-4-6-13(12)9-21/h3-6,10-11H,7-9H2,1-2H3,(H,18,19)(H,20,22). The van der Waals surface area contributed by atoms with Gasteiger partial charge < -0.3 is 15.2 Å². The van der Waals surface area contributed by atoms with E-state index in [0.29, 0.717) is 13.1 Å². The summed E-state index contributed by atoms with van der Waals surface area (Å²) in [6, 6.07) is 8.11. The Balaban J connectivity index is 1.80. The molecule has 0 bridgehead atoms. The van der Waals surface area contributed by atoms with Crippen LogP contribution in [0.25, 0.3) is 0 Å². The Labute approximate surface area is 134 Å². The van der Waals surface area contributed by atoms with Crippen molar-refractivity contribution in [2.75, 3.05) is 6.54 Å². The van der Waals surface area contributed by atoms with Gasteiger partial charge in [0.25, 0.3) is 11.8 Å². The zero-order valence-electron chi connectivity index (χ0n) is 13.3. The number of nitrogens with one attached hydrogen (secondary N) is 2. The number of hydrogen-bond acceptors (Lipinski definition) is 3. The zero-order chi connectivity index (χ0) is 16.4. The Morgan fingerprint density at radius 3 is 2.74 bits per heavy atom. The molecule has 23 heavy (non-hydrogen) atoms. The third-order valence-electron chi connectivity index (χ3n) is 3.91. The smallest absolute Gasteiger partial charge is 0.273 e. The number of H-pyrrole nitrogens is 1. The van der Waals surface area contributed by atoms with Gasteiger partial charge in [-0.3, -0.25) is 9.59 Å². The van der Waals surface area contributed by atoms with E-state index in [-0.39, 0.29) is 29.2 Å². The van der Waals surface area contributed by atoms with Crippen molar-refractivity contribution in [1.29, 1.82) is 0 Å². The molecule has 1 aliphatic rings. The van der Waals surface area contributed by atoms with Crippen LogP contribution < -0.4 is 5.32 Å². The molecule has 2 heterocycles. The maximum atomic E-state index is 12.8. The van der Waals surface area contributed by atoms with Crippen LogP contribution in [0.2, 0.25) is 0 Å². The molecule has 0 spiro atoms. The molecule has 0 unspecified atom stereocenters. The lowest BCUT2D eigenvalue weighted by atomic mass is 9.99. The van der Waals surface area contributed by atoms with Crippen molar-refractivity contribution in [3.05, 3.63) is 53.1 Å². The number of rotatable bonds is 3. The first-order valence-electron chi connectivity index (χ1n) is 7.76. The number of nitrogens with zero attached hydrogens (tertiary/aromatic N) is 2. The fourth-order valence-electron chi connectivity index (χ4n) is 2.79. The first-order valence-corrected chi connectivity index (χ1v) is 7.76. The molecule has 6 heteroatoms. The summed E-state index contributed by atoms with van der Waals surface area (Å²) >= 11 is 0. The molecule has 0 saturated carbocycles. The van der Waals surface area contributed by atoms with E-state index in [1.54, 1.807) is 4.90 Å². The molecule has 0 aliphatic carbocycles. The minimum atomic E-state index is -0.331. The fraction of sp³-hybridized carbons (Fsp3) is 0.353. The Kier molecular flexibility index (Phi) is 4.14. The van der Waals surface area contributed by atoms with E-state index in [0.717, 1.165) is 12.0 Å². The Bertz CT molecular complexity index is 736. The van der Waals surface area contributed by atoms with E-state index in [9.17, 15) is 9.59 Å². The van der Waals surface area contributed by atoms with Crippen molar-refractivity contribution >= 4 is 11.8 Å². The van der Waals surface area contributed by atoms with Gasteiger partial charge in [-0.1, -0.05) is 24.3 Å². The predicted octanol–water partition coefficient (Wildman–Crippen LogP) is 1.75. The topological polar surface area (TPSA) is 78.1 Å². The molecule has 0 atom stereocenters. The van der Waals surface area contributed by atoms with Gasteiger partial charge in [0.1, 0.15) is 5.69 Å². The Morgan fingerprint density at radius 1 is 1.26 bits per heavy atom. The average molecular weight is 312 g/mol. The van der Waals surface area contributed by atoms with Crippen molar-refractivity contribution in [3.63, 3.8) is 0 Å². The lowest BCUT2D eigenvalue weighted by molar-refractivity contribution is 0.0722. The van der Waals surface area contributed by atoms with Gasteiger partial charge in [-0.25, -0.2) is 4.98 Å². The maximum Gasteiger partial charge on any atom is 0.273 e. The highest BCUT2D eigenvalue weighted by Crippen LogP contribution is 2.20. The number of aromatic amines is 1. The third-order valence-corrected chi connectivity index (χ3v) is 3.91. The first kappa shape index (κ1) is 15.3. The van der Waals surface area contributed by atoms with Crippen LogP contribution in [0, 0.1) is 0 Å². The molecular formula is C17H20N4O2. The van der Waals surface area contributed by atoms with Crippen LogP contribution in [0.4, 0.5) is 0 Å². The lowest BCUT2D eigenvalue weighted by Crippen LogP contribution is -2.38. The van der Waals surface area contributed by atoms with Gasteiger partial charge >= 0.3 is 0 Å². The lowest BCUT2D eigenvalue weighted by Gasteiger charge is -2.28. The summed E-state index contributed by atoms with van der Waals surface area (Å²) in [5.41, 5.74) is 2.84. The van der Waals surface area contributed by atoms with E-state index in [2.05, 4.69) is 21.4 Å². The summed E-state index contributed by atoms with van der Waals surface area (Å²) in [6.07, 6.45) is 2.21. The summed E-state index contributed by atoms with van der Waals surface area (Å²) in [5.74, 6) is -0.520. The molecule has 2 amide bonds. The number of carbonyl (C=O) groups is 2. The Morgan fingerprint density at radius 2 is 2.00 bits per heavy atom. The molecule has 0 saturated heterocycles. The summed E-state index contributed by atoms with van der Waals surface area (Å²) in [7, 11) is 0. The van der Waals surface area contributed by atoms with Crippen LogP contribution in [0.1, 0.15) is 46.0 Å². The van der Waals surface area contributed by atoms with Crippen LogP contribution in [0.3, 0.4) is 0 Å². The van der Waals surface area contributed by atoms with Gasteiger partial charge in [0.2, 0.25) is 0 Å². The second-order valence-corrected chi connectivity index (χ2v) is 6.00. The predicted molar refractivity (Wildman–Crippen MR) is 86.1 cm³/mol. The molecule has 6 nitrogen and oxygen atoms in total. The van der Waals surface area contributed by atoms with Crippen LogP contribution in [-0.4, -0.2) is 39.3 Å². The summed E-state index contributed by atoms with van der Waals surface area (Å²) in [6.45, 7) is 4.93. The van der Waals surface area contributed by atoms with Gasteiger partial charge in [0, 0.05) is 19.1 Å². The number of imidazole rings is 1. The van der Waals surface area contributed by atoms with Gasteiger partial charge in [0.05, 0.1) is 6.33 Å². The van der Waals surface area contributed by atoms with Crippen molar-refractivity contribution < 1.29 is 9.59 Å². The molecule has 2 N–H and O–H groups in total. The van der Waals surface area contributed by atoms with Crippen molar-refractivity contribution in [2.24, 2.45) is 0 Å². The minimum Gasteiger partial charge on any atom is -0.348 e. The SMILES string of the molecule is CC(C)NC(=O)c1nc[nH]c1C(=O)N1CCc2ccccc2C1. The third kappa shape index (κ3) is 3.11. The molecule has 1 aromatic heterocycles. The highest BCUT2D eigenvalue weighted by molar-refractivity contribution is 6.04. The quantitative estimate of drug-likeness (QED) is 0.906. The minimum absolute atomic E-state index is 0.0102. The molecule has 120 valence electrons. The maximum absolute atomic E-state index is 12.8. The fourth-order valence-corrected chi connectivity index (χ4v) is 2.79. The van der Waals surface area contributed by atoms with Crippen LogP contribution in [0.5, 0.6) is 0 Å². The molecule has 3 rings (SSSR count). The summed E-state index contributed by atoms with van der Waals surface area (Å²) in [4.78, 5) is 33.5. The molecule has 2 aromatic rings. The van der Waals surface area contributed by atoms with E-state index < -0.39 is 0 Å². The van der Waals surface area contributed by atoms with E-state index in [1.165, 1.54) is 11.9 Å². The van der Waals surface area contributed by atoms with E-state index >= 15 is 0 Å². The number of hydrogen-bond donors (Lipinski definition) is 2. The molecule has 0 fully saturated rings. The number of carbonyl (C=O) groups excluding carboxylic acids is 2. The highest BCUT2D eigenvalue weighted by atomic mass is 16.2. The first-order chi connectivity index (χ1) is 11.1. The van der Waals surface area contributed by atoms with Crippen molar-refractivity contribution in [2.45, 2.75) is 32.9 Å². The highest BCUT2D eigenvalue weighted by Gasteiger charge is 2.27. The molecule has 1 aliphatic heterocycles. The summed E-state index contributed by atoms with van der Waals surface area (Å²) < 4.78 is 0. The summed E-state index contributed by atoms with van der Waals surface area (Å²) in [5, 5.41) is 2.77. The van der Waals surface area contributed by atoms with Crippen molar-refractivity contribution in [3.8, 4) is 0 Å². The Hall–Kier alpha value is -2.63. The average Bonchev–Trinajstić information content (AvgIpc) is 3.02. The van der Waals surface area contributed by atoms with Crippen LogP contribution in [0.15, 0.2) is 30.6 Å². The molecule has 0 radical (unpaired) electrons. The molecule has 1 aromatic carbocycles. The van der Waals surface area contributed by atoms with Gasteiger partial charge in [-0.2, -0.15) is 0 Å². The van der Waals surface area contributed by atoms with Gasteiger partial charge in [0.15, 0.2) is 5.69 Å². The van der Waals surface area contributed by atoms with E-state index in [4.69, 9.17) is 0 Å². The number of aromatic nitrogens is 2. The normalized spacial score (nSPS) is 13.8. The van der Waals surface area contributed by atoms with Crippen LogP contribution in [-0.2, 0) is 13.0 Å². The monoisotopic (exact) mass is 312 g/mol. The van der Waals surface area contributed by atoms with Gasteiger partial charge in [-0.15, -0.1) is 0 Å².